The molecule has 0 aromatic heterocycles. The van der Waals surface area contributed by atoms with Crippen LogP contribution in [0.15, 0.2) is 0 Å². The summed E-state index contributed by atoms with van der Waals surface area (Å²) in [6.07, 6.45) is 3.88. The normalized spacial score (nSPS) is 22.0. The molecule has 7 heteroatoms. The van der Waals surface area contributed by atoms with Gasteiger partial charge in [0.2, 0.25) is 0 Å². The Balaban J connectivity index is 1.90. The Labute approximate surface area is 129 Å². The first-order valence-electron chi connectivity index (χ1n) is 8.06. The molecule has 6 nitrogen and oxygen atoms in total. The van der Waals surface area contributed by atoms with E-state index in [0.717, 1.165) is 38.8 Å². The minimum atomic E-state index is -3.31. The van der Waals surface area contributed by atoms with Crippen molar-refractivity contribution < 1.29 is 13.2 Å². The lowest BCUT2D eigenvalue weighted by Gasteiger charge is -2.35. The molecule has 1 aliphatic carbocycles. The summed E-state index contributed by atoms with van der Waals surface area (Å²) in [5.41, 5.74) is 0. The van der Waals surface area contributed by atoms with Crippen molar-refractivity contribution in [1.29, 1.82) is 0 Å². The van der Waals surface area contributed by atoms with Gasteiger partial charge >= 0.3 is 0 Å². The van der Waals surface area contributed by atoms with Gasteiger partial charge in [-0.1, -0.05) is 6.92 Å². The van der Waals surface area contributed by atoms with E-state index in [4.69, 9.17) is 4.74 Å². The molecule has 0 aromatic rings. The average molecular weight is 319 g/mol. The molecule has 2 aliphatic rings. The maximum Gasteiger partial charge on any atom is 0.282 e. The van der Waals surface area contributed by atoms with Crippen LogP contribution < -0.4 is 5.32 Å². The van der Waals surface area contributed by atoms with E-state index in [1.54, 1.807) is 15.7 Å². The van der Waals surface area contributed by atoms with Gasteiger partial charge in [-0.25, -0.2) is 0 Å². The molecule has 1 aliphatic heterocycles. The van der Waals surface area contributed by atoms with E-state index in [1.807, 2.05) is 0 Å². The topological polar surface area (TPSA) is 61.9 Å². The second-order valence-electron chi connectivity index (χ2n) is 5.99. The Bertz CT molecular complexity index is 404. The highest BCUT2D eigenvalue weighted by Crippen LogP contribution is 2.31. The molecule has 0 amide bonds. The predicted octanol–water partition coefficient (Wildman–Crippen LogP) is 0.664. The number of nitrogens with one attached hydrogen (secondary N) is 1. The number of hydrogen-bond donors (Lipinski definition) is 1. The second-order valence-corrected chi connectivity index (χ2v) is 7.87. The molecule has 2 fully saturated rings. The largest absolute Gasteiger partial charge is 0.383 e. The molecular weight excluding hydrogens is 290 g/mol. The molecule has 0 atom stereocenters. The molecule has 124 valence electrons. The van der Waals surface area contributed by atoms with Crippen LogP contribution in [-0.4, -0.2) is 69.5 Å². The average Bonchev–Trinajstić information content (AvgIpc) is 3.30. The number of methoxy groups -OCH3 is 1. The Morgan fingerprint density at radius 2 is 1.90 bits per heavy atom. The Kier molecular flexibility index (Phi) is 6.43. The van der Waals surface area contributed by atoms with Crippen LogP contribution in [0, 0.1) is 5.92 Å². The van der Waals surface area contributed by atoms with Gasteiger partial charge in [0.25, 0.3) is 10.2 Å². The summed E-state index contributed by atoms with van der Waals surface area (Å²) in [7, 11) is -1.70. The molecule has 0 radical (unpaired) electrons. The lowest BCUT2D eigenvalue weighted by molar-refractivity contribution is 0.171. The first-order chi connectivity index (χ1) is 10.1. The quantitative estimate of drug-likeness (QED) is 0.678. The Morgan fingerprint density at radius 3 is 2.43 bits per heavy atom. The van der Waals surface area contributed by atoms with E-state index in [9.17, 15) is 8.42 Å². The fraction of sp³-hybridized carbons (Fsp3) is 1.00. The minimum absolute atomic E-state index is 0.199. The van der Waals surface area contributed by atoms with Gasteiger partial charge < -0.3 is 10.1 Å². The van der Waals surface area contributed by atoms with Crippen LogP contribution in [0.5, 0.6) is 0 Å². The number of hydrogen-bond acceptors (Lipinski definition) is 4. The third kappa shape index (κ3) is 4.63. The minimum Gasteiger partial charge on any atom is -0.383 e. The molecule has 2 rings (SSSR count). The highest BCUT2D eigenvalue weighted by Gasteiger charge is 2.40. The van der Waals surface area contributed by atoms with Gasteiger partial charge in [0.1, 0.15) is 0 Å². The van der Waals surface area contributed by atoms with Crippen molar-refractivity contribution >= 4 is 10.2 Å². The van der Waals surface area contributed by atoms with E-state index in [1.165, 1.54) is 0 Å². The van der Waals surface area contributed by atoms with Crippen molar-refractivity contribution in [1.82, 2.24) is 13.9 Å². The van der Waals surface area contributed by atoms with E-state index in [-0.39, 0.29) is 6.04 Å². The zero-order valence-corrected chi connectivity index (χ0v) is 14.1. The zero-order valence-electron chi connectivity index (χ0n) is 13.3. The van der Waals surface area contributed by atoms with Crippen LogP contribution in [0.1, 0.15) is 32.6 Å². The fourth-order valence-corrected chi connectivity index (χ4v) is 4.73. The molecular formula is C14H29N3O3S. The third-order valence-corrected chi connectivity index (χ3v) is 6.44. The number of ether oxygens (including phenoxy) is 1. The second kappa shape index (κ2) is 7.87. The highest BCUT2D eigenvalue weighted by molar-refractivity contribution is 7.86. The lowest BCUT2D eigenvalue weighted by atomic mass is 9.98. The van der Waals surface area contributed by atoms with Gasteiger partial charge in [0.05, 0.1) is 6.61 Å². The monoisotopic (exact) mass is 319 g/mol. The van der Waals surface area contributed by atoms with Gasteiger partial charge in [0, 0.05) is 32.8 Å². The molecule has 21 heavy (non-hydrogen) atoms. The molecule has 1 saturated carbocycles. The first-order valence-corrected chi connectivity index (χ1v) is 9.45. The van der Waals surface area contributed by atoms with Crippen molar-refractivity contribution in [2.45, 2.75) is 38.6 Å². The van der Waals surface area contributed by atoms with E-state index >= 15 is 0 Å². The van der Waals surface area contributed by atoms with Gasteiger partial charge in [-0.05, 0) is 44.7 Å². The molecule has 1 saturated heterocycles. The van der Waals surface area contributed by atoms with Crippen LogP contribution in [-0.2, 0) is 14.9 Å². The van der Waals surface area contributed by atoms with Crippen LogP contribution in [0.4, 0.5) is 0 Å². The molecule has 0 bridgehead atoms. The summed E-state index contributed by atoms with van der Waals surface area (Å²) < 4.78 is 33.9. The van der Waals surface area contributed by atoms with Crippen LogP contribution in [0.2, 0.25) is 0 Å². The van der Waals surface area contributed by atoms with E-state index in [0.29, 0.717) is 32.2 Å². The summed E-state index contributed by atoms with van der Waals surface area (Å²) in [6, 6.07) is 0.199. The molecule has 0 aromatic carbocycles. The third-order valence-electron chi connectivity index (χ3n) is 4.35. The van der Waals surface area contributed by atoms with Crippen LogP contribution in [0.3, 0.4) is 0 Å². The summed E-state index contributed by atoms with van der Waals surface area (Å²) >= 11 is 0. The summed E-state index contributed by atoms with van der Waals surface area (Å²) in [4.78, 5) is 0. The molecule has 0 spiro atoms. The van der Waals surface area contributed by atoms with Gasteiger partial charge in [-0.3, -0.25) is 0 Å². The summed E-state index contributed by atoms with van der Waals surface area (Å²) in [5.74, 6) is 0.602. The van der Waals surface area contributed by atoms with Crippen LogP contribution >= 0.6 is 0 Å². The predicted molar refractivity (Wildman–Crippen MR) is 83.4 cm³/mol. The van der Waals surface area contributed by atoms with E-state index < -0.39 is 10.2 Å². The summed E-state index contributed by atoms with van der Waals surface area (Å²) in [6.45, 7) is 6.31. The SMILES string of the molecule is CCNCC1CCN(S(=O)(=O)N(CCOC)C2CC2)CC1. The Morgan fingerprint density at radius 1 is 1.24 bits per heavy atom. The van der Waals surface area contributed by atoms with Gasteiger partial charge in [0.15, 0.2) is 0 Å². The maximum absolute atomic E-state index is 12.8. The zero-order chi connectivity index (χ0) is 15.3. The number of piperidine rings is 1. The number of nitrogens with zero attached hydrogens (tertiary/aromatic N) is 2. The van der Waals surface area contributed by atoms with Crippen molar-refractivity contribution in [3.63, 3.8) is 0 Å². The maximum atomic E-state index is 12.8. The van der Waals surface area contributed by atoms with Crippen LogP contribution in [0.25, 0.3) is 0 Å². The van der Waals surface area contributed by atoms with Crippen molar-refractivity contribution in [3.05, 3.63) is 0 Å². The van der Waals surface area contributed by atoms with Gasteiger partial charge in [-0.2, -0.15) is 17.0 Å². The van der Waals surface area contributed by atoms with Crippen molar-refractivity contribution in [2.24, 2.45) is 5.92 Å². The van der Waals surface area contributed by atoms with Gasteiger partial charge in [-0.15, -0.1) is 0 Å². The van der Waals surface area contributed by atoms with E-state index in [2.05, 4.69) is 12.2 Å². The smallest absolute Gasteiger partial charge is 0.282 e. The lowest BCUT2D eigenvalue weighted by Crippen LogP contribution is -2.49. The molecule has 0 unspecified atom stereocenters. The number of rotatable bonds is 9. The highest BCUT2D eigenvalue weighted by atomic mass is 32.2. The first kappa shape index (κ1) is 17.1. The van der Waals surface area contributed by atoms with Crippen molar-refractivity contribution in [3.8, 4) is 0 Å². The fourth-order valence-electron chi connectivity index (χ4n) is 2.87. The standard InChI is InChI=1S/C14H29N3O3S/c1-3-15-12-13-6-8-16(9-7-13)21(18,19)17(10-11-20-2)14-4-5-14/h13-15H,3-12H2,1-2H3. The molecule has 1 heterocycles. The Hall–Kier alpha value is -0.210. The summed E-state index contributed by atoms with van der Waals surface area (Å²) in [5, 5.41) is 3.36. The molecule has 1 N–H and O–H groups in total. The van der Waals surface area contributed by atoms with Crippen molar-refractivity contribution in [2.75, 3.05) is 46.4 Å².